The van der Waals surface area contributed by atoms with E-state index in [-0.39, 0.29) is 0 Å². The van der Waals surface area contributed by atoms with Crippen molar-refractivity contribution in [2.24, 2.45) is 0 Å². The highest BCUT2D eigenvalue weighted by Gasteiger charge is 2.23. The molecule has 2 heterocycles. The SMILES string of the molecule is Cc1ccnc(NC2CCN(Cc3ccccc3)C2)c1Br. The van der Waals surface area contributed by atoms with E-state index in [1.54, 1.807) is 0 Å². The molecule has 110 valence electrons. The zero-order valence-corrected chi connectivity index (χ0v) is 13.8. The van der Waals surface area contributed by atoms with Crippen LogP contribution >= 0.6 is 15.9 Å². The third-order valence-corrected chi connectivity index (χ3v) is 4.95. The fraction of sp³-hybridized carbons (Fsp3) is 0.353. The van der Waals surface area contributed by atoms with Crippen LogP contribution < -0.4 is 5.32 Å². The molecule has 1 aromatic heterocycles. The Labute approximate surface area is 134 Å². The van der Waals surface area contributed by atoms with Gasteiger partial charge in [0.15, 0.2) is 0 Å². The molecule has 1 aromatic carbocycles. The van der Waals surface area contributed by atoms with Crippen molar-refractivity contribution >= 4 is 21.7 Å². The molecule has 3 nitrogen and oxygen atoms in total. The summed E-state index contributed by atoms with van der Waals surface area (Å²) in [6, 6.07) is 13.2. The van der Waals surface area contributed by atoms with Gasteiger partial charge in [0.1, 0.15) is 5.82 Å². The minimum absolute atomic E-state index is 0.472. The molecular formula is C17H20BrN3. The van der Waals surface area contributed by atoms with Crippen molar-refractivity contribution in [2.45, 2.75) is 25.9 Å². The van der Waals surface area contributed by atoms with E-state index < -0.39 is 0 Å². The maximum absolute atomic E-state index is 4.44. The van der Waals surface area contributed by atoms with Gasteiger partial charge in [0.05, 0.1) is 4.47 Å². The van der Waals surface area contributed by atoms with Crippen molar-refractivity contribution in [2.75, 3.05) is 18.4 Å². The lowest BCUT2D eigenvalue weighted by atomic mass is 10.2. The van der Waals surface area contributed by atoms with Crippen LogP contribution in [0.25, 0.3) is 0 Å². The fourth-order valence-electron chi connectivity index (χ4n) is 2.77. The standard InChI is InChI=1S/C17H20BrN3/c1-13-7-9-19-17(16(13)18)20-15-8-10-21(12-15)11-14-5-3-2-4-6-14/h2-7,9,15H,8,10-12H2,1H3,(H,19,20). The lowest BCUT2D eigenvalue weighted by Gasteiger charge is -2.18. The molecule has 0 amide bonds. The average Bonchev–Trinajstić information content (AvgIpc) is 2.92. The van der Waals surface area contributed by atoms with Gasteiger partial charge in [-0.2, -0.15) is 0 Å². The van der Waals surface area contributed by atoms with Gasteiger partial charge in [-0.1, -0.05) is 30.3 Å². The van der Waals surface area contributed by atoms with Gasteiger partial charge < -0.3 is 5.32 Å². The zero-order valence-electron chi connectivity index (χ0n) is 12.2. The van der Waals surface area contributed by atoms with Gasteiger partial charge in [0, 0.05) is 31.9 Å². The number of rotatable bonds is 4. The molecule has 0 saturated carbocycles. The molecule has 1 aliphatic rings. The predicted octanol–water partition coefficient (Wildman–Crippen LogP) is 3.84. The van der Waals surface area contributed by atoms with Gasteiger partial charge in [-0.3, -0.25) is 4.90 Å². The van der Waals surface area contributed by atoms with Crippen LogP contribution in [0.2, 0.25) is 0 Å². The number of likely N-dealkylation sites (tertiary alicyclic amines) is 1. The largest absolute Gasteiger partial charge is 0.365 e. The molecule has 1 fully saturated rings. The Bertz CT molecular complexity index is 600. The van der Waals surface area contributed by atoms with Crippen LogP contribution in [0, 0.1) is 6.92 Å². The predicted molar refractivity (Wildman–Crippen MR) is 90.4 cm³/mol. The molecule has 1 atom stereocenters. The number of pyridine rings is 1. The van der Waals surface area contributed by atoms with Crippen molar-refractivity contribution in [1.29, 1.82) is 0 Å². The van der Waals surface area contributed by atoms with Crippen LogP contribution in [-0.4, -0.2) is 29.0 Å². The van der Waals surface area contributed by atoms with E-state index in [4.69, 9.17) is 0 Å². The third kappa shape index (κ3) is 3.63. The second-order valence-electron chi connectivity index (χ2n) is 5.64. The number of hydrogen-bond acceptors (Lipinski definition) is 3. The van der Waals surface area contributed by atoms with E-state index in [2.05, 4.69) is 68.4 Å². The number of nitrogens with one attached hydrogen (secondary N) is 1. The first kappa shape index (κ1) is 14.5. The van der Waals surface area contributed by atoms with Gasteiger partial charge in [-0.15, -0.1) is 0 Å². The molecule has 0 spiro atoms. The van der Waals surface area contributed by atoms with Gasteiger partial charge in [0.25, 0.3) is 0 Å². The van der Waals surface area contributed by atoms with E-state index in [1.807, 2.05) is 12.3 Å². The van der Waals surface area contributed by atoms with Crippen molar-refractivity contribution in [1.82, 2.24) is 9.88 Å². The van der Waals surface area contributed by atoms with Crippen molar-refractivity contribution < 1.29 is 0 Å². The smallest absolute Gasteiger partial charge is 0.140 e. The van der Waals surface area contributed by atoms with Gasteiger partial charge in [-0.05, 0) is 46.5 Å². The second-order valence-corrected chi connectivity index (χ2v) is 6.43. The summed E-state index contributed by atoms with van der Waals surface area (Å²) in [5.41, 5.74) is 2.60. The Morgan fingerprint density at radius 2 is 2.10 bits per heavy atom. The maximum atomic E-state index is 4.44. The summed E-state index contributed by atoms with van der Waals surface area (Å²) >= 11 is 3.62. The Morgan fingerprint density at radius 3 is 2.90 bits per heavy atom. The van der Waals surface area contributed by atoms with Crippen LogP contribution in [0.15, 0.2) is 47.1 Å². The summed E-state index contributed by atoms with van der Waals surface area (Å²) in [5, 5.41) is 3.57. The minimum Gasteiger partial charge on any atom is -0.365 e. The van der Waals surface area contributed by atoms with Crippen molar-refractivity contribution in [3.05, 3.63) is 58.2 Å². The van der Waals surface area contributed by atoms with E-state index in [9.17, 15) is 0 Å². The van der Waals surface area contributed by atoms with E-state index in [1.165, 1.54) is 11.1 Å². The molecule has 4 heteroatoms. The number of aryl methyl sites for hydroxylation is 1. The topological polar surface area (TPSA) is 28.2 Å². The molecular weight excluding hydrogens is 326 g/mol. The van der Waals surface area contributed by atoms with Gasteiger partial charge in [0.2, 0.25) is 0 Å². The highest BCUT2D eigenvalue weighted by molar-refractivity contribution is 9.10. The molecule has 2 aromatic rings. The number of nitrogens with zero attached hydrogens (tertiary/aromatic N) is 2. The van der Waals surface area contributed by atoms with Crippen LogP contribution in [0.1, 0.15) is 17.5 Å². The number of anilines is 1. The summed E-state index contributed by atoms with van der Waals surface area (Å²) in [6.07, 6.45) is 3.02. The summed E-state index contributed by atoms with van der Waals surface area (Å²) < 4.78 is 1.08. The quantitative estimate of drug-likeness (QED) is 0.912. The Hall–Kier alpha value is -1.39. The normalized spacial score (nSPS) is 18.9. The van der Waals surface area contributed by atoms with E-state index in [0.29, 0.717) is 6.04 Å². The van der Waals surface area contributed by atoms with Gasteiger partial charge in [-0.25, -0.2) is 4.98 Å². The summed E-state index contributed by atoms with van der Waals surface area (Å²) in [5.74, 6) is 0.960. The molecule has 1 N–H and O–H groups in total. The Kier molecular flexibility index (Phi) is 4.56. The average molecular weight is 346 g/mol. The molecule has 1 unspecified atom stereocenters. The second kappa shape index (κ2) is 6.58. The number of aromatic nitrogens is 1. The Balaban J connectivity index is 1.59. The van der Waals surface area contributed by atoms with Crippen molar-refractivity contribution in [3.8, 4) is 0 Å². The first-order chi connectivity index (χ1) is 10.2. The molecule has 1 saturated heterocycles. The maximum Gasteiger partial charge on any atom is 0.140 e. The number of hydrogen-bond donors (Lipinski definition) is 1. The first-order valence-electron chi connectivity index (χ1n) is 7.36. The molecule has 21 heavy (non-hydrogen) atoms. The number of halogens is 1. The fourth-order valence-corrected chi connectivity index (χ4v) is 3.12. The molecule has 0 bridgehead atoms. The number of benzene rings is 1. The lowest BCUT2D eigenvalue weighted by molar-refractivity contribution is 0.328. The molecule has 3 rings (SSSR count). The first-order valence-corrected chi connectivity index (χ1v) is 8.15. The van der Waals surface area contributed by atoms with Crippen molar-refractivity contribution in [3.63, 3.8) is 0 Å². The molecule has 0 radical (unpaired) electrons. The monoisotopic (exact) mass is 345 g/mol. The molecule has 1 aliphatic heterocycles. The van der Waals surface area contributed by atoms with Crippen LogP contribution in [0.5, 0.6) is 0 Å². The Morgan fingerprint density at radius 1 is 1.29 bits per heavy atom. The zero-order chi connectivity index (χ0) is 14.7. The summed E-state index contributed by atoms with van der Waals surface area (Å²) in [4.78, 5) is 6.93. The van der Waals surface area contributed by atoms with Crippen LogP contribution in [-0.2, 0) is 6.54 Å². The lowest BCUT2D eigenvalue weighted by Crippen LogP contribution is -2.26. The van der Waals surface area contributed by atoms with Gasteiger partial charge >= 0.3 is 0 Å². The van der Waals surface area contributed by atoms with Crippen LogP contribution in [0.3, 0.4) is 0 Å². The summed E-state index contributed by atoms with van der Waals surface area (Å²) in [7, 11) is 0. The van der Waals surface area contributed by atoms with E-state index in [0.717, 1.165) is 36.3 Å². The van der Waals surface area contributed by atoms with Crippen LogP contribution in [0.4, 0.5) is 5.82 Å². The highest BCUT2D eigenvalue weighted by Crippen LogP contribution is 2.25. The third-order valence-electron chi connectivity index (χ3n) is 3.94. The summed E-state index contributed by atoms with van der Waals surface area (Å²) in [6.45, 7) is 5.32. The molecule has 0 aliphatic carbocycles. The minimum atomic E-state index is 0.472. The van der Waals surface area contributed by atoms with E-state index >= 15 is 0 Å². The highest BCUT2D eigenvalue weighted by atomic mass is 79.9.